The summed E-state index contributed by atoms with van der Waals surface area (Å²) in [6.45, 7) is 3.63. The molecular formula is C12H15NaO4. The van der Waals surface area contributed by atoms with Crippen molar-refractivity contribution in [3.05, 3.63) is 48.6 Å². The number of hydrogen-bond donors (Lipinski definition) is 1. The summed E-state index contributed by atoms with van der Waals surface area (Å²) in [4.78, 5) is 19.4. The first-order valence-electron chi connectivity index (χ1n) is 4.57. The van der Waals surface area contributed by atoms with Gasteiger partial charge in [0.1, 0.15) is 0 Å². The maximum Gasteiger partial charge on any atom is 1.00 e. The van der Waals surface area contributed by atoms with Crippen LogP contribution in [-0.2, 0) is 9.59 Å². The van der Waals surface area contributed by atoms with Crippen molar-refractivity contribution >= 4 is 11.9 Å². The van der Waals surface area contributed by atoms with Gasteiger partial charge >= 0.3 is 35.5 Å². The summed E-state index contributed by atoms with van der Waals surface area (Å²) in [5.74, 6) is -2.08. The third kappa shape index (κ3) is 31.3. The van der Waals surface area contributed by atoms with E-state index >= 15 is 0 Å². The smallest absolute Gasteiger partial charge is 0.545 e. The molecule has 0 fully saturated rings. The number of carbonyl (C=O) groups excluding carboxylic acids is 1. The molecule has 0 radical (unpaired) electrons. The number of hydrogen-bond acceptors (Lipinski definition) is 3. The van der Waals surface area contributed by atoms with Gasteiger partial charge in [-0.1, -0.05) is 36.5 Å². The van der Waals surface area contributed by atoms with Crippen LogP contribution in [0.15, 0.2) is 48.6 Å². The van der Waals surface area contributed by atoms with E-state index in [1.54, 1.807) is 31.2 Å². The second-order valence-corrected chi connectivity index (χ2v) is 2.43. The van der Waals surface area contributed by atoms with Gasteiger partial charge < -0.3 is 15.0 Å². The van der Waals surface area contributed by atoms with Crippen LogP contribution in [0.1, 0.15) is 13.8 Å². The molecular weight excluding hydrogens is 231 g/mol. The summed E-state index contributed by atoms with van der Waals surface area (Å²) in [5.41, 5.74) is 0. The average molecular weight is 246 g/mol. The van der Waals surface area contributed by atoms with Crippen molar-refractivity contribution in [2.24, 2.45) is 0 Å². The van der Waals surface area contributed by atoms with E-state index in [1.165, 1.54) is 12.2 Å². The molecule has 0 atom stereocenters. The first-order chi connectivity index (χ1) is 7.54. The van der Waals surface area contributed by atoms with E-state index in [0.29, 0.717) is 0 Å². The average Bonchev–Trinajstić information content (AvgIpc) is 2.18. The normalized spacial score (nSPS) is 10.5. The summed E-state index contributed by atoms with van der Waals surface area (Å²) in [6, 6.07) is 0. The molecule has 4 nitrogen and oxygen atoms in total. The first-order valence-corrected chi connectivity index (χ1v) is 4.57. The van der Waals surface area contributed by atoms with Crippen molar-refractivity contribution in [2.45, 2.75) is 13.8 Å². The molecule has 0 bridgehead atoms. The van der Waals surface area contributed by atoms with Gasteiger partial charge in [0.25, 0.3) is 0 Å². The van der Waals surface area contributed by atoms with E-state index in [4.69, 9.17) is 5.11 Å². The molecule has 88 valence electrons. The van der Waals surface area contributed by atoms with Gasteiger partial charge in [0.2, 0.25) is 0 Å². The summed E-state index contributed by atoms with van der Waals surface area (Å²) >= 11 is 0. The molecule has 0 saturated carbocycles. The van der Waals surface area contributed by atoms with Gasteiger partial charge in [-0.05, 0) is 19.9 Å². The Morgan fingerprint density at radius 2 is 1.35 bits per heavy atom. The first kappa shape index (κ1) is 21.2. The van der Waals surface area contributed by atoms with Crippen LogP contribution in [0.4, 0.5) is 0 Å². The Labute approximate surface area is 123 Å². The van der Waals surface area contributed by atoms with Crippen LogP contribution >= 0.6 is 0 Å². The molecule has 0 amide bonds. The molecule has 17 heavy (non-hydrogen) atoms. The molecule has 0 spiro atoms. The third-order valence-corrected chi connectivity index (χ3v) is 1.08. The molecule has 0 aliphatic heterocycles. The largest absolute Gasteiger partial charge is 1.00 e. The second-order valence-electron chi connectivity index (χ2n) is 2.43. The number of rotatable bonds is 4. The van der Waals surface area contributed by atoms with Gasteiger partial charge in [-0.3, -0.25) is 0 Å². The molecule has 0 aromatic carbocycles. The number of carboxylic acids is 2. The molecule has 0 aliphatic rings. The molecule has 0 aromatic rings. The van der Waals surface area contributed by atoms with Gasteiger partial charge in [-0.2, -0.15) is 0 Å². The van der Waals surface area contributed by atoms with Crippen LogP contribution in [0.25, 0.3) is 0 Å². The fourth-order valence-corrected chi connectivity index (χ4v) is 0.494. The van der Waals surface area contributed by atoms with Crippen molar-refractivity contribution in [1.82, 2.24) is 0 Å². The van der Waals surface area contributed by atoms with Gasteiger partial charge in [-0.25, -0.2) is 4.79 Å². The van der Waals surface area contributed by atoms with E-state index in [1.807, 2.05) is 6.92 Å². The van der Waals surface area contributed by atoms with Crippen LogP contribution in [0.3, 0.4) is 0 Å². The number of aliphatic carboxylic acids is 2. The van der Waals surface area contributed by atoms with E-state index in [0.717, 1.165) is 12.2 Å². The van der Waals surface area contributed by atoms with Crippen LogP contribution < -0.4 is 34.7 Å². The van der Waals surface area contributed by atoms with E-state index < -0.39 is 11.9 Å². The molecule has 0 heterocycles. The van der Waals surface area contributed by atoms with Crippen LogP contribution in [0.2, 0.25) is 0 Å². The minimum absolute atomic E-state index is 0. The molecule has 1 N–H and O–H groups in total. The van der Waals surface area contributed by atoms with Crippen molar-refractivity contribution in [1.29, 1.82) is 0 Å². The Morgan fingerprint density at radius 1 is 0.941 bits per heavy atom. The maximum absolute atomic E-state index is 9.75. The number of carboxylic acid groups (broad SMARTS) is 2. The van der Waals surface area contributed by atoms with E-state index in [2.05, 4.69) is 0 Å². The zero-order valence-electron chi connectivity index (χ0n) is 10.3. The Morgan fingerprint density at radius 3 is 1.65 bits per heavy atom. The standard InChI is InChI=1S/2C6H8O2.Na/c2*1-2-3-4-5-6(7)8;/h2*2-5H,1H3,(H,7,8);/q;;+1/p-1/b2*3-2+,5-4+;. The Kier molecular flexibility index (Phi) is 21.6. The summed E-state index contributed by atoms with van der Waals surface area (Å²) in [5, 5.41) is 17.7. The van der Waals surface area contributed by atoms with Crippen molar-refractivity contribution < 1.29 is 49.4 Å². The maximum atomic E-state index is 9.75. The zero-order chi connectivity index (χ0) is 12.8. The van der Waals surface area contributed by atoms with Crippen LogP contribution in [0.5, 0.6) is 0 Å². The van der Waals surface area contributed by atoms with Gasteiger partial charge in [0, 0.05) is 6.08 Å². The Balaban J connectivity index is -0.000000218. The van der Waals surface area contributed by atoms with Crippen molar-refractivity contribution in [3.8, 4) is 0 Å². The van der Waals surface area contributed by atoms with Crippen LogP contribution in [0, 0.1) is 0 Å². The molecule has 0 rings (SSSR count). The zero-order valence-corrected chi connectivity index (χ0v) is 12.3. The third-order valence-electron chi connectivity index (χ3n) is 1.08. The van der Waals surface area contributed by atoms with Gasteiger partial charge in [0.15, 0.2) is 0 Å². The predicted molar refractivity (Wildman–Crippen MR) is 60.6 cm³/mol. The summed E-state index contributed by atoms with van der Waals surface area (Å²) < 4.78 is 0. The minimum atomic E-state index is -1.16. The Bertz CT molecular complexity index is 282. The fraction of sp³-hybridized carbons (Fsp3) is 0.167. The fourth-order valence-electron chi connectivity index (χ4n) is 0.494. The molecule has 0 unspecified atom stereocenters. The molecule has 0 aromatic heterocycles. The molecule has 0 aliphatic carbocycles. The Hall–Kier alpha value is -1.10. The number of carbonyl (C=O) groups is 2. The minimum Gasteiger partial charge on any atom is -0.545 e. The van der Waals surface area contributed by atoms with Crippen molar-refractivity contribution in [2.75, 3.05) is 0 Å². The second kappa shape index (κ2) is 17.3. The summed E-state index contributed by atoms with van der Waals surface area (Å²) in [7, 11) is 0. The summed E-state index contributed by atoms with van der Waals surface area (Å²) in [6.07, 6.45) is 11.7. The SMILES string of the molecule is C/C=C/C=C/C(=O)O.C/C=C/C=C/C(=O)[O-].[Na+]. The quantitative estimate of drug-likeness (QED) is 0.356. The van der Waals surface area contributed by atoms with Gasteiger partial charge in [-0.15, -0.1) is 0 Å². The van der Waals surface area contributed by atoms with Crippen LogP contribution in [-0.4, -0.2) is 17.0 Å². The predicted octanol–water partition coefficient (Wildman–Crippen LogP) is -1.92. The molecule has 5 heteroatoms. The van der Waals surface area contributed by atoms with Crippen molar-refractivity contribution in [3.63, 3.8) is 0 Å². The molecule has 0 saturated heterocycles. The topological polar surface area (TPSA) is 77.4 Å². The van der Waals surface area contributed by atoms with E-state index in [-0.39, 0.29) is 29.6 Å². The van der Waals surface area contributed by atoms with Gasteiger partial charge in [0.05, 0.1) is 5.97 Å². The number of allylic oxidation sites excluding steroid dienone is 6. The monoisotopic (exact) mass is 246 g/mol. The van der Waals surface area contributed by atoms with E-state index in [9.17, 15) is 14.7 Å².